The summed E-state index contributed by atoms with van der Waals surface area (Å²) >= 11 is 0. The second-order valence-electron chi connectivity index (χ2n) is 8.21. The molecule has 158 valence electrons. The summed E-state index contributed by atoms with van der Waals surface area (Å²) in [7, 11) is 0. The Hall–Kier alpha value is -2.25. The van der Waals surface area contributed by atoms with Crippen LogP contribution in [0.4, 0.5) is 0 Å². The Kier molecular flexibility index (Phi) is 6.70. The lowest BCUT2D eigenvalue weighted by Crippen LogP contribution is -2.55. The number of rotatable bonds is 6. The number of ether oxygens (including phenoxy) is 1. The molecule has 29 heavy (non-hydrogen) atoms. The van der Waals surface area contributed by atoms with Gasteiger partial charge >= 0.3 is 5.97 Å². The van der Waals surface area contributed by atoms with Crippen LogP contribution in [0, 0.1) is 12.3 Å². The number of nitrogens with one attached hydrogen (secondary N) is 2. The Bertz CT molecular complexity index is 781. The summed E-state index contributed by atoms with van der Waals surface area (Å²) in [6.45, 7) is 6.62. The predicted molar refractivity (Wildman–Crippen MR) is 109 cm³/mol. The van der Waals surface area contributed by atoms with Crippen LogP contribution in [0.25, 0.3) is 0 Å². The molecular formula is C22H31N3O4. The summed E-state index contributed by atoms with van der Waals surface area (Å²) in [6, 6.07) is 7.23. The van der Waals surface area contributed by atoms with E-state index in [1.165, 1.54) is 6.92 Å². The van der Waals surface area contributed by atoms with Gasteiger partial charge in [0.2, 0.25) is 5.91 Å². The molecule has 2 saturated heterocycles. The van der Waals surface area contributed by atoms with Crippen molar-refractivity contribution in [1.29, 1.82) is 0 Å². The molecule has 3 atom stereocenters. The number of benzene rings is 1. The molecule has 3 rings (SSSR count). The highest BCUT2D eigenvalue weighted by atomic mass is 16.5. The van der Waals surface area contributed by atoms with Gasteiger partial charge in [0.1, 0.15) is 11.8 Å². The zero-order valence-corrected chi connectivity index (χ0v) is 17.5. The number of aryl methyl sites for hydroxylation is 1. The van der Waals surface area contributed by atoms with Crippen LogP contribution in [0.3, 0.4) is 0 Å². The fourth-order valence-corrected chi connectivity index (χ4v) is 4.37. The molecule has 2 fully saturated rings. The topological polar surface area (TPSA) is 87.7 Å². The summed E-state index contributed by atoms with van der Waals surface area (Å²) < 4.78 is 5.45. The monoisotopic (exact) mass is 401 g/mol. The average molecular weight is 402 g/mol. The minimum atomic E-state index is -0.748. The van der Waals surface area contributed by atoms with E-state index in [4.69, 9.17) is 4.74 Å². The first-order chi connectivity index (χ1) is 13.9. The van der Waals surface area contributed by atoms with E-state index in [0.29, 0.717) is 39.0 Å². The zero-order chi connectivity index (χ0) is 21.0. The number of carbonyl (C=O) groups excluding carboxylic acids is 3. The molecule has 7 nitrogen and oxygen atoms in total. The minimum Gasteiger partial charge on any atom is -0.466 e. The lowest BCUT2D eigenvalue weighted by atomic mass is 9.74. The highest BCUT2D eigenvalue weighted by Gasteiger charge is 2.46. The van der Waals surface area contributed by atoms with E-state index in [2.05, 4.69) is 10.9 Å². The Morgan fingerprint density at radius 3 is 2.59 bits per heavy atom. The first-order valence-corrected chi connectivity index (χ1v) is 10.4. The van der Waals surface area contributed by atoms with Crippen molar-refractivity contribution in [3.05, 3.63) is 35.4 Å². The van der Waals surface area contributed by atoms with Crippen molar-refractivity contribution in [1.82, 2.24) is 15.8 Å². The molecule has 0 saturated carbocycles. The standard InChI is InChI=1S/C22H31N3O4/c1-4-29-21(28)22(13-17-9-6-5-8-15(17)2)10-7-11-25(14-22)20(27)19-12-18(16(3)26)23-24-19/h5-6,8-9,18-19,23-24H,4,7,10-14H2,1-3H3. The molecule has 2 heterocycles. The molecule has 0 bridgehead atoms. The van der Waals surface area contributed by atoms with E-state index in [1.807, 2.05) is 31.2 Å². The van der Waals surface area contributed by atoms with Crippen LogP contribution >= 0.6 is 0 Å². The number of esters is 1. The number of Topliss-reactive ketones (excluding diaryl/α,β-unsaturated/α-hetero) is 1. The van der Waals surface area contributed by atoms with Gasteiger partial charge in [-0.05, 0) is 57.6 Å². The van der Waals surface area contributed by atoms with E-state index in [0.717, 1.165) is 17.5 Å². The predicted octanol–water partition coefficient (Wildman–Crippen LogP) is 1.53. The van der Waals surface area contributed by atoms with Gasteiger partial charge in [-0.15, -0.1) is 0 Å². The molecule has 1 aromatic rings. The van der Waals surface area contributed by atoms with Gasteiger partial charge in [0.15, 0.2) is 0 Å². The Labute approximate surface area is 172 Å². The SMILES string of the molecule is CCOC(=O)C1(Cc2ccccc2C)CCCN(C(=O)C2CC(C(C)=O)NN2)C1. The van der Waals surface area contributed by atoms with Gasteiger partial charge in [-0.3, -0.25) is 14.4 Å². The van der Waals surface area contributed by atoms with Gasteiger partial charge in [0, 0.05) is 13.1 Å². The van der Waals surface area contributed by atoms with E-state index in [-0.39, 0.29) is 23.7 Å². The molecule has 0 spiro atoms. The number of hydrazine groups is 1. The van der Waals surface area contributed by atoms with Crippen molar-refractivity contribution >= 4 is 17.7 Å². The molecule has 2 aliphatic heterocycles. The van der Waals surface area contributed by atoms with Crippen LogP contribution in [-0.2, 0) is 25.5 Å². The summed E-state index contributed by atoms with van der Waals surface area (Å²) in [5.74, 6) is -0.300. The van der Waals surface area contributed by atoms with E-state index in [9.17, 15) is 14.4 Å². The van der Waals surface area contributed by atoms with Crippen LogP contribution in [0.15, 0.2) is 24.3 Å². The molecule has 2 N–H and O–H groups in total. The fourth-order valence-electron chi connectivity index (χ4n) is 4.37. The number of nitrogens with zero attached hydrogens (tertiary/aromatic N) is 1. The van der Waals surface area contributed by atoms with Crippen molar-refractivity contribution < 1.29 is 19.1 Å². The van der Waals surface area contributed by atoms with Gasteiger partial charge in [-0.1, -0.05) is 24.3 Å². The van der Waals surface area contributed by atoms with Crippen LogP contribution in [0.2, 0.25) is 0 Å². The fraction of sp³-hybridized carbons (Fsp3) is 0.591. The maximum absolute atomic E-state index is 13.1. The van der Waals surface area contributed by atoms with Crippen molar-refractivity contribution in [3.63, 3.8) is 0 Å². The third kappa shape index (κ3) is 4.67. The Morgan fingerprint density at radius 1 is 1.21 bits per heavy atom. The number of amides is 1. The molecule has 3 unspecified atom stereocenters. The van der Waals surface area contributed by atoms with Gasteiger partial charge in [0.05, 0.1) is 18.1 Å². The number of ketones is 1. The van der Waals surface area contributed by atoms with Crippen molar-refractivity contribution in [2.24, 2.45) is 5.41 Å². The quantitative estimate of drug-likeness (QED) is 0.703. The maximum Gasteiger partial charge on any atom is 0.314 e. The first kappa shape index (κ1) is 21.5. The van der Waals surface area contributed by atoms with Gasteiger partial charge in [0.25, 0.3) is 0 Å². The Morgan fingerprint density at radius 2 is 1.93 bits per heavy atom. The molecule has 0 radical (unpaired) electrons. The van der Waals surface area contributed by atoms with Gasteiger partial charge in [-0.2, -0.15) is 0 Å². The summed E-state index contributed by atoms with van der Waals surface area (Å²) in [5, 5.41) is 0. The van der Waals surface area contributed by atoms with Crippen molar-refractivity contribution in [3.8, 4) is 0 Å². The van der Waals surface area contributed by atoms with Crippen LogP contribution in [0.5, 0.6) is 0 Å². The lowest BCUT2D eigenvalue weighted by Gasteiger charge is -2.42. The third-order valence-corrected chi connectivity index (χ3v) is 6.08. The zero-order valence-electron chi connectivity index (χ0n) is 17.5. The van der Waals surface area contributed by atoms with Crippen molar-refractivity contribution in [2.45, 2.75) is 58.5 Å². The third-order valence-electron chi connectivity index (χ3n) is 6.08. The lowest BCUT2D eigenvalue weighted by molar-refractivity contribution is -0.161. The van der Waals surface area contributed by atoms with Crippen LogP contribution in [-0.4, -0.2) is 54.3 Å². The van der Waals surface area contributed by atoms with Gasteiger partial charge in [-0.25, -0.2) is 10.9 Å². The number of carbonyl (C=O) groups is 3. The largest absolute Gasteiger partial charge is 0.466 e. The van der Waals surface area contributed by atoms with Gasteiger partial charge < -0.3 is 9.64 Å². The highest BCUT2D eigenvalue weighted by molar-refractivity contribution is 5.87. The van der Waals surface area contributed by atoms with Crippen LogP contribution < -0.4 is 10.9 Å². The number of piperidine rings is 1. The number of hydrogen-bond acceptors (Lipinski definition) is 6. The maximum atomic E-state index is 13.1. The van der Waals surface area contributed by atoms with E-state index >= 15 is 0 Å². The van der Waals surface area contributed by atoms with Crippen molar-refractivity contribution in [2.75, 3.05) is 19.7 Å². The summed E-state index contributed by atoms with van der Waals surface area (Å²) in [6.07, 6.45) is 2.41. The second kappa shape index (κ2) is 9.05. The molecular weight excluding hydrogens is 370 g/mol. The number of likely N-dealkylation sites (tertiary alicyclic amines) is 1. The molecule has 7 heteroatoms. The second-order valence-corrected chi connectivity index (χ2v) is 8.21. The Balaban J connectivity index is 1.80. The normalized spacial score (nSPS) is 26.9. The van der Waals surface area contributed by atoms with E-state index in [1.54, 1.807) is 11.8 Å². The molecule has 1 aromatic carbocycles. The van der Waals surface area contributed by atoms with Crippen LogP contribution in [0.1, 0.15) is 44.2 Å². The van der Waals surface area contributed by atoms with E-state index < -0.39 is 11.5 Å². The smallest absolute Gasteiger partial charge is 0.314 e. The summed E-state index contributed by atoms with van der Waals surface area (Å²) in [5.41, 5.74) is 7.33. The number of hydrogen-bond donors (Lipinski definition) is 2. The molecule has 0 aliphatic carbocycles. The first-order valence-electron chi connectivity index (χ1n) is 10.4. The highest BCUT2D eigenvalue weighted by Crippen LogP contribution is 2.36. The summed E-state index contributed by atoms with van der Waals surface area (Å²) in [4.78, 5) is 39.5. The molecule has 2 aliphatic rings. The molecule has 1 amide bonds. The average Bonchev–Trinajstić information content (AvgIpc) is 3.20. The minimum absolute atomic E-state index is 0.00636. The molecule has 0 aromatic heterocycles.